The lowest BCUT2D eigenvalue weighted by Crippen LogP contribution is -1.93. The van der Waals surface area contributed by atoms with Gasteiger partial charge in [-0.3, -0.25) is 5.41 Å². The van der Waals surface area contributed by atoms with Crippen molar-refractivity contribution in [1.82, 2.24) is 0 Å². The van der Waals surface area contributed by atoms with E-state index in [4.69, 9.17) is 10.6 Å². The zero-order chi connectivity index (χ0) is 5.86. The summed E-state index contributed by atoms with van der Waals surface area (Å²) in [7, 11) is 0. The quantitative estimate of drug-likeness (QED) is 0.400. The van der Waals surface area contributed by atoms with Crippen LogP contribution in [0.5, 0.6) is 0 Å². The Labute approximate surface area is 57.2 Å². The molecule has 5 heteroatoms. The molecule has 0 heterocycles. The van der Waals surface area contributed by atoms with Gasteiger partial charge in [-0.05, 0) is 31.9 Å². The van der Waals surface area contributed by atoms with E-state index in [-0.39, 0.29) is 9.24 Å². The van der Waals surface area contributed by atoms with Crippen LogP contribution in [0.2, 0.25) is 0 Å². The second-order valence-electron chi connectivity index (χ2n) is 0.705. The fourth-order valence-electron chi connectivity index (χ4n) is 0.0439. The third-order valence-corrected chi connectivity index (χ3v) is 1.73. The molecule has 0 fully saturated rings. The molecule has 3 nitrogen and oxygen atoms in total. The zero-order valence-corrected chi connectivity index (χ0v) is 6.32. The van der Waals surface area contributed by atoms with Crippen LogP contribution < -0.4 is 0 Å². The van der Waals surface area contributed by atoms with E-state index in [0.717, 1.165) is 0 Å². The van der Waals surface area contributed by atoms with Crippen molar-refractivity contribution in [2.45, 2.75) is 0 Å². The topological polar surface area (TPSA) is 56.4 Å². The summed E-state index contributed by atoms with van der Waals surface area (Å²) in [6.07, 6.45) is 0. The van der Waals surface area contributed by atoms with E-state index in [0.29, 0.717) is 0 Å². The van der Waals surface area contributed by atoms with Crippen LogP contribution in [-0.2, 0) is 0 Å². The summed E-state index contributed by atoms with van der Waals surface area (Å²) in [5, 5.41) is 17.2. The molecule has 0 aliphatic carbocycles. The molecule has 0 spiro atoms. The highest BCUT2D eigenvalue weighted by molar-refractivity contribution is 9.24. The van der Waals surface area contributed by atoms with Gasteiger partial charge in [0, 0.05) is 0 Å². The van der Waals surface area contributed by atoms with Gasteiger partial charge < -0.3 is 5.21 Å². The molecule has 0 saturated carbocycles. The van der Waals surface area contributed by atoms with Crippen molar-refractivity contribution in [3.05, 3.63) is 0 Å². The highest BCUT2D eigenvalue weighted by atomic mass is 79.9. The number of rotatable bonds is 1. The number of halogens is 2. The van der Waals surface area contributed by atoms with Crippen LogP contribution in [0, 0.1) is 5.41 Å². The Morgan fingerprint density at radius 3 is 2.00 bits per heavy atom. The first-order valence-electron chi connectivity index (χ1n) is 1.30. The third-order valence-electron chi connectivity index (χ3n) is 0.269. The number of nitrogens with zero attached hydrogens (tertiary/aromatic N) is 1. The van der Waals surface area contributed by atoms with Crippen LogP contribution in [0.25, 0.3) is 0 Å². The van der Waals surface area contributed by atoms with Crippen molar-refractivity contribution in [2.24, 2.45) is 5.16 Å². The van der Waals surface area contributed by atoms with Crippen LogP contribution >= 0.6 is 31.9 Å². The van der Waals surface area contributed by atoms with Gasteiger partial charge in [-0.1, -0.05) is 5.16 Å². The van der Waals surface area contributed by atoms with Crippen LogP contribution in [0.1, 0.15) is 0 Å². The average molecular weight is 230 g/mol. The molecule has 0 aromatic heterocycles. The van der Waals surface area contributed by atoms with Crippen molar-refractivity contribution >= 4 is 41.1 Å². The van der Waals surface area contributed by atoms with Gasteiger partial charge >= 0.3 is 0 Å². The summed E-state index contributed by atoms with van der Waals surface area (Å²) in [6, 6.07) is 0. The highest BCUT2D eigenvalue weighted by Gasteiger charge is 1.94. The molecule has 2 N–H and O–H groups in total. The molecule has 0 saturated heterocycles. The van der Waals surface area contributed by atoms with Gasteiger partial charge in [0.15, 0.2) is 4.62 Å². The molecule has 0 bridgehead atoms. The molecular formula is C2H2Br2N2O. The van der Waals surface area contributed by atoms with E-state index in [1.807, 2.05) is 0 Å². The summed E-state index contributed by atoms with van der Waals surface area (Å²) in [5.74, 6) is 0. The SMILES string of the molecule is N=C(Br)/C(Br)=N/O. The molecule has 0 aromatic carbocycles. The molecule has 0 aliphatic heterocycles. The normalized spacial score (nSPS) is 11.4. The van der Waals surface area contributed by atoms with Crippen molar-refractivity contribution < 1.29 is 5.21 Å². The van der Waals surface area contributed by atoms with Crippen LogP contribution in [-0.4, -0.2) is 14.4 Å². The van der Waals surface area contributed by atoms with Crippen LogP contribution in [0.3, 0.4) is 0 Å². The van der Waals surface area contributed by atoms with Gasteiger partial charge in [0.1, 0.15) is 4.62 Å². The molecule has 7 heavy (non-hydrogen) atoms. The minimum Gasteiger partial charge on any atom is -0.410 e. The Bertz CT molecular complexity index is 110. The molecule has 40 valence electrons. The summed E-state index contributed by atoms with van der Waals surface area (Å²) in [4.78, 5) is 0. The predicted octanol–water partition coefficient (Wildman–Crippen LogP) is 1.54. The van der Waals surface area contributed by atoms with Gasteiger partial charge in [-0.25, -0.2) is 0 Å². The molecule has 0 rings (SSSR count). The van der Waals surface area contributed by atoms with Gasteiger partial charge in [-0.15, -0.1) is 0 Å². The van der Waals surface area contributed by atoms with Gasteiger partial charge in [0.25, 0.3) is 0 Å². The molecular weight excluding hydrogens is 228 g/mol. The minimum atomic E-state index is 0.0231. The van der Waals surface area contributed by atoms with E-state index >= 15 is 0 Å². The maximum Gasteiger partial charge on any atom is 0.177 e. The summed E-state index contributed by atoms with van der Waals surface area (Å²) >= 11 is 5.52. The Hall–Kier alpha value is 0.1000. The standard InChI is InChI=1S/C2H2Br2N2O/c3-1(5)2(4)6-7/h5,7H/b5-1?,6-2-. The zero-order valence-electron chi connectivity index (χ0n) is 3.15. The predicted molar refractivity (Wildman–Crippen MR) is 34.8 cm³/mol. The summed E-state index contributed by atoms with van der Waals surface area (Å²) in [6.45, 7) is 0. The first-order valence-corrected chi connectivity index (χ1v) is 2.89. The first-order chi connectivity index (χ1) is 3.18. The number of nitrogens with one attached hydrogen (secondary N) is 1. The lowest BCUT2D eigenvalue weighted by atomic mass is 10.8. The maximum atomic E-state index is 7.88. The van der Waals surface area contributed by atoms with Crippen LogP contribution in [0.4, 0.5) is 0 Å². The van der Waals surface area contributed by atoms with Gasteiger partial charge in [0.05, 0.1) is 0 Å². The number of hydrogen-bond acceptors (Lipinski definition) is 3. The number of oxime groups is 1. The summed E-state index contributed by atoms with van der Waals surface area (Å²) in [5.41, 5.74) is 0. The average Bonchev–Trinajstić information content (AvgIpc) is 1.65. The fraction of sp³-hybridized carbons (Fsp3) is 0. The van der Waals surface area contributed by atoms with Crippen molar-refractivity contribution in [1.29, 1.82) is 5.41 Å². The molecule has 0 aromatic rings. The smallest absolute Gasteiger partial charge is 0.177 e. The molecule has 0 atom stereocenters. The molecule has 0 amide bonds. The largest absolute Gasteiger partial charge is 0.410 e. The second kappa shape index (κ2) is 3.15. The Morgan fingerprint density at radius 2 is 2.00 bits per heavy atom. The van der Waals surface area contributed by atoms with E-state index < -0.39 is 0 Å². The minimum absolute atomic E-state index is 0.0231. The van der Waals surface area contributed by atoms with Crippen LogP contribution in [0.15, 0.2) is 5.16 Å². The van der Waals surface area contributed by atoms with Crippen molar-refractivity contribution in [3.63, 3.8) is 0 Å². The Kier molecular flexibility index (Phi) is 3.19. The Balaban J connectivity index is 3.82. The lowest BCUT2D eigenvalue weighted by molar-refractivity contribution is 0.322. The third kappa shape index (κ3) is 2.76. The fourth-order valence-corrected chi connectivity index (χ4v) is 0.123. The van der Waals surface area contributed by atoms with E-state index in [1.165, 1.54) is 0 Å². The van der Waals surface area contributed by atoms with E-state index in [9.17, 15) is 0 Å². The van der Waals surface area contributed by atoms with E-state index in [2.05, 4.69) is 37.0 Å². The Morgan fingerprint density at radius 1 is 1.57 bits per heavy atom. The highest BCUT2D eigenvalue weighted by Crippen LogP contribution is 1.95. The van der Waals surface area contributed by atoms with E-state index in [1.54, 1.807) is 0 Å². The first kappa shape index (κ1) is 7.10. The molecule has 0 unspecified atom stereocenters. The van der Waals surface area contributed by atoms with Gasteiger partial charge in [-0.2, -0.15) is 0 Å². The second-order valence-corrected chi connectivity index (χ2v) is 2.25. The van der Waals surface area contributed by atoms with Gasteiger partial charge in [0.2, 0.25) is 0 Å². The molecule has 0 aliphatic rings. The number of hydrogen-bond donors (Lipinski definition) is 2. The van der Waals surface area contributed by atoms with Crippen molar-refractivity contribution in [3.8, 4) is 0 Å². The van der Waals surface area contributed by atoms with Crippen molar-refractivity contribution in [2.75, 3.05) is 0 Å². The monoisotopic (exact) mass is 228 g/mol. The molecule has 0 radical (unpaired) electrons. The lowest BCUT2D eigenvalue weighted by Gasteiger charge is -1.81. The summed E-state index contributed by atoms with van der Waals surface area (Å²) < 4.78 is 0.113. The maximum absolute atomic E-state index is 7.88.